The van der Waals surface area contributed by atoms with Crippen LogP contribution in [0.15, 0.2) is 0 Å². The molecule has 1 saturated heterocycles. The summed E-state index contributed by atoms with van der Waals surface area (Å²) in [7, 11) is 0. The van der Waals surface area contributed by atoms with Crippen LogP contribution >= 0.6 is 0 Å². The SMILES string of the molecule is CCC1CCN(CC(NC2CC2)(C(=O)O)C2CC2)C1. The van der Waals surface area contributed by atoms with Crippen LogP contribution in [0.2, 0.25) is 0 Å². The summed E-state index contributed by atoms with van der Waals surface area (Å²) < 4.78 is 0. The number of nitrogens with zero attached hydrogens (tertiary/aromatic N) is 1. The maximum atomic E-state index is 11.9. The lowest BCUT2D eigenvalue weighted by atomic mass is 9.92. The Hall–Kier alpha value is -0.610. The number of hydrogen-bond acceptors (Lipinski definition) is 3. The molecule has 3 aliphatic rings. The van der Waals surface area contributed by atoms with Gasteiger partial charge in [0.1, 0.15) is 5.54 Å². The summed E-state index contributed by atoms with van der Waals surface area (Å²) in [6.45, 7) is 5.11. The summed E-state index contributed by atoms with van der Waals surface area (Å²) in [6.07, 6.45) is 6.92. The lowest BCUT2D eigenvalue weighted by Gasteiger charge is -2.35. The molecule has 0 aromatic rings. The van der Waals surface area contributed by atoms with Crippen LogP contribution < -0.4 is 5.32 Å². The number of rotatable bonds is 7. The summed E-state index contributed by atoms with van der Waals surface area (Å²) in [5.41, 5.74) is -0.663. The quantitative estimate of drug-likeness (QED) is 0.736. The molecule has 1 heterocycles. The highest BCUT2D eigenvalue weighted by atomic mass is 16.4. The Kier molecular flexibility index (Phi) is 3.56. The predicted octanol–water partition coefficient (Wildman–Crippen LogP) is 1.70. The Balaban J connectivity index is 1.69. The van der Waals surface area contributed by atoms with Gasteiger partial charge < -0.3 is 10.0 Å². The fourth-order valence-electron chi connectivity index (χ4n) is 3.51. The number of aliphatic carboxylic acids is 1. The van der Waals surface area contributed by atoms with E-state index in [1.54, 1.807) is 0 Å². The van der Waals surface area contributed by atoms with Crippen molar-refractivity contribution in [3.8, 4) is 0 Å². The van der Waals surface area contributed by atoms with Gasteiger partial charge in [-0.2, -0.15) is 0 Å². The van der Waals surface area contributed by atoms with Gasteiger partial charge >= 0.3 is 5.97 Å². The molecular formula is C15H26N2O2. The minimum absolute atomic E-state index is 0.353. The Morgan fingerprint density at radius 1 is 1.32 bits per heavy atom. The summed E-state index contributed by atoms with van der Waals surface area (Å²) in [4.78, 5) is 14.3. The van der Waals surface area contributed by atoms with Crippen molar-refractivity contribution in [2.75, 3.05) is 19.6 Å². The van der Waals surface area contributed by atoms with Crippen molar-refractivity contribution in [3.05, 3.63) is 0 Å². The van der Waals surface area contributed by atoms with Gasteiger partial charge in [-0.1, -0.05) is 13.3 Å². The average Bonchev–Trinajstić information content (AvgIpc) is 3.28. The second-order valence-electron chi connectivity index (χ2n) is 6.77. The summed E-state index contributed by atoms with van der Waals surface area (Å²) >= 11 is 0. The van der Waals surface area contributed by atoms with E-state index in [2.05, 4.69) is 17.1 Å². The van der Waals surface area contributed by atoms with Gasteiger partial charge in [-0.05, 0) is 50.5 Å². The smallest absolute Gasteiger partial charge is 0.325 e. The summed E-state index contributed by atoms with van der Waals surface area (Å²) in [6, 6.07) is 0.460. The monoisotopic (exact) mass is 266 g/mol. The number of carbonyl (C=O) groups is 1. The topological polar surface area (TPSA) is 52.6 Å². The molecule has 19 heavy (non-hydrogen) atoms. The zero-order valence-corrected chi connectivity index (χ0v) is 11.9. The Morgan fingerprint density at radius 2 is 2.05 bits per heavy atom. The van der Waals surface area contributed by atoms with E-state index in [4.69, 9.17) is 0 Å². The van der Waals surface area contributed by atoms with Crippen LogP contribution in [0.25, 0.3) is 0 Å². The molecule has 4 heteroatoms. The van der Waals surface area contributed by atoms with Crippen LogP contribution in [0, 0.1) is 11.8 Å². The van der Waals surface area contributed by atoms with Crippen LogP contribution in [-0.2, 0) is 4.79 Å². The summed E-state index contributed by atoms with van der Waals surface area (Å²) in [5, 5.41) is 13.3. The number of likely N-dealkylation sites (tertiary alicyclic amines) is 1. The fraction of sp³-hybridized carbons (Fsp3) is 0.933. The third kappa shape index (κ3) is 2.79. The van der Waals surface area contributed by atoms with E-state index in [0.29, 0.717) is 18.5 Å². The van der Waals surface area contributed by atoms with E-state index in [9.17, 15) is 9.90 Å². The van der Waals surface area contributed by atoms with E-state index < -0.39 is 11.5 Å². The van der Waals surface area contributed by atoms with E-state index in [1.165, 1.54) is 12.8 Å². The highest BCUT2D eigenvalue weighted by molar-refractivity contribution is 5.80. The molecular weight excluding hydrogens is 240 g/mol. The van der Waals surface area contributed by atoms with E-state index in [-0.39, 0.29) is 0 Å². The Morgan fingerprint density at radius 3 is 2.53 bits per heavy atom. The van der Waals surface area contributed by atoms with Crippen molar-refractivity contribution < 1.29 is 9.90 Å². The molecule has 3 rings (SSSR count). The molecule has 2 atom stereocenters. The van der Waals surface area contributed by atoms with Crippen molar-refractivity contribution in [1.82, 2.24) is 10.2 Å². The molecule has 3 fully saturated rings. The van der Waals surface area contributed by atoms with Crippen molar-refractivity contribution in [1.29, 1.82) is 0 Å². The first-order chi connectivity index (χ1) is 9.14. The van der Waals surface area contributed by atoms with Crippen molar-refractivity contribution >= 4 is 5.97 Å². The molecule has 2 aliphatic carbocycles. The molecule has 0 spiro atoms. The highest BCUT2D eigenvalue weighted by Gasteiger charge is 2.54. The van der Waals surface area contributed by atoms with Gasteiger partial charge in [0, 0.05) is 19.1 Å². The van der Waals surface area contributed by atoms with Crippen molar-refractivity contribution in [3.63, 3.8) is 0 Å². The van der Waals surface area contributed by atoms with Crippen LogP contribution in [-0.4, -0.2) is 47.2 Å². The van der Waals surface area contributed by atoms with Gasteiger partial charge in [0.05, 0.1) is 0 Å². The largest absolute Gasteiger partial charge is 0.480 e. The first-order valence-electron chi connectivity index (χ1n) is 7.87. The second kappa shape index (κ2) is 5.06. The molecule has 0 aromatic carbocycles. The first-order valence-corrected chi connectivity index (χ1v) is 7.87. The van der Waals surface area contributed by atoms with Gasteiger partial charge in [-0.15, -0.1) is 0 Å². The Bertz CT molecular complexity index is 352. The zero-order chi connectivity index (χ0) is 13.5. The van der Waals surface area contributed by atoms with E-state index >= 15 is 0 Å². The number of hydrogen-bond donors (Lipinski definition) is 2. The number of carboxylic acids is 1. The Labute approximate surface area is 115 Å². The molecule has 2 unspecified atom stereocenters. The maximum Gasteiger partial charge on any atom is 0.325 e. The van der Waals surface area contributed by atoms with Crippen LogP contribution in [0.1, 0.15) is 45.4 Å². The highest BCUT2D eigenvalue weighted by Crippen LogP contribution is 2.43. The van der Waals surface area contributed by atoms with Crippen LogP contribution in [0.3, 0.4) is 0 Å². The van der Waals surface area contributed by atoms with Crippen LogP contribution in [0.4, 0.5) is 0 Å². The van der Waals surface area contributed by atoms with Gasteiger partial charge in [-0.25, -0.2) is 0 Å². The minimum atomic E-state index is -0.663. The lowest BCUT2D eigenvalue weighted by molar-refractivity contribution is -0.147. The lowest BCUT2D eigenvalue weighted by Crippen LogP contribution is -2.61. The zero-order valence-electron chi connectivity index (χ0n) is 11.9. The molecule has 1 aliphatic heterocycles. The molecule has 0 amide bonds. The molecule has 2 N–H and O–H groups in total. The van der Waals surface area contributed by atoms with Crippen molar-refractivity contribution in [2.24, 2.45) is 11.8 Å². The molecule has 0 aromatic heterocycles. The third-order valence-electron chi connectivity index (χ3n) is 5.12. The molecule has 0 bridgehead atoms. The fourth-order valence-corrected chi connectivity index (χ4v) is 3.51. The standard InChI is InChI=1S/C15H26N2O2/c1-2-11-7-8-17(9-11)10-15(14(18)19,12-3-4-12)16-13-5-6-13/h11-13,16H,2-10H2,1H3,(H,18,19). The number of carboxylic acid groups (broad SMARTS) is 1. The second-order valence-corrected chi connectivity index (χ2v) is 6.77. The normalized spacial score (nSPS) is 31.3. The van der Waals surface area contributed by atoms with E-state index in [1.807, 2.05) is 0 Å². The van der Waals surface area contributed by atoms with Gasteiger partial charge in [0.15, 0.2) is 0 Å². The summed E-state index contributed by atoms with van der Waals surface area (Å²) in [5.74, 6) is 0.500. The minimum Gasteiger partial charge on any atom is -0.480 e. The first kappa shape index (κ1) is 13.4. The average molecular weight is 266 g/mol. The van der Waals surface area contributed by atoms with Crippen molar-refractivity contribution in [2.45, 2.75) is 57.0 Å². The number of nitrogens with one attached hydrogen (secondary N) is 1. The van der Waals surface area contributed by atoms with E-state index in [0.717, 1.165) is 44.7 Å². The molecule has 4 nitrogen and oxygen atoms in total. The maximum absolute atomic E-state index is 11.9. The van der Waals surface area contributed by atoms with Gasteiger partial charge in [0.25, 0.3) is 0 Å². The molecule has 2 saturated carbocycles. The van der Waals surface area contributed by atoms with Gasteiger partial charge in [0.2, 0.25) is 0 Å². The molecule has 108 valence electrons. The third-order valence-corrected chi connectivity index (χ3v) is 5.12. The van der Waals surface area contributed by atoms with Crippen LogP contribution in [0.5, 0.6) is 0 Å². The predicted molar refractivity (Wildman–Crippen MR) is 74.1 cm³/mol. The van der Waals surface area contributed by atoms with Gasteiger partial charge in [-0.3, -0.25) is 10.1 Å². The molecule has 0 radical (unpaired) electrons.